The Morgan fingerprint density at radius 2 is 2.09 bits per heavy atom. The second-order valence-corrected chi connectivity index (χ2v) is 6.55. The molecular weight excluding hydrogens is 272 g/mol. The molecule has 1 heterocycles. The zero-order valence-electron chi connectivity index (χ0n) is 14.2. The molecule has 1 amide bonds. The van der Waals surface area contributed by atoms with Crippen molar-refractivity contribution in [1.29, 1.82) is 0 Å². The largest absolute Gasteiger partial charge is 0.336 e. The summed E-state index contributed by atoms with van der Waals surface area (Å²) >= 11 is 0. The Morgan fingerprint density at radius 1 is 1.36 bits per heavy atom. The van der Waals surface area contributed by atoms with Gasteiger partial charge in [-0.1, -0.05) is 43.7 Å². The Bertz CT molecular complexity index is 460. The van der Waals surface area contributed by atoms with E-state index >= 15 is 0 Å². The van der Waals surface area contributed by atoms with Gasteiger partial charge in [0.1, 0.15) is 0 Å². The molecule has 1 aromatic carbocycles. The van der Waals surface area contributed by atoms with Gasteiger partial charge in [-0.15, -0.1) is 0 Å². The summed E-state index contributed by atoms with van der Waals surface area (Å²) in [5.41, 5.74) is 1.23. The van der Waals surface area contributed by atoms with Gasteiger partial charge in [0, 0.05) is 18.5 Å². The quantitative estimate of drug-likeness (QED) is 0.867. The molecular formula is C19H30N2O. The number of carbonyl (C=O) groups excluding carboxylic acids is 1. The summed E-state index contributed by atoms with van der Waals surface area (Å²) in [4.78, 5) is 15.2. The van der Waals surface area contributed by atoms with Crippen molar-refractivity contribution in [3.63, 3.8) is 0 Å². The zero-order valence-corrected chi connectivity index (χ0v) is 14.2. The lowest BCUT2D eigenvalue weighted by Crippen LogP contribution is -2.45. The monoisotopic (exact) mass is 302 g/mol. The van der Waals surface area contributed by atoms with E-state index in [9.17, 15) is 4.79 Å². The number of benzene rings is 1. The Balaban J connectivity index is 2.12. The van der Waals surface area contributed by atoms with Crippen LogP contribution in [0.15, 0.2) is 30.3 Å². The molecule has 0 saturated carbocycles. The van der Waals surface area contributed by atoms with E-state index in [0.717, 1.165) is 38.8 Å². The lowest BCUT2D eigenvalue weighted by Gasteiger charge is -2.35. The number of hydrogen-bond acceptors (Lipinski definition) is 2. The number of piperidine rings is 1. The summed E-state index contributed by atoms with van der Waals surface area (Å²) in [6.07, 6.45) is 4.12. The first-order valence-electron chi connectivity index (χ1n) is 8.72. The molecule has 1 N–H and O–H groups in total. The summed E-state index contributed by atoms with van der Waals surface area (Å²) in [7, 11) is 0. The first-order chi connectivity index (χ1) is 10.6. The van der Waals surface area contributed by atoms with E-state index in [1.54, 1.807) is 0 Å². The number of rotatable bonds is 6. The average Bonchev–Trinajstić information content (AvgIpc) is 2.55. The van der Waals surface area contributed by atoms with Gasteiger partial charge >= 0.3 is 0 Å². The second kappa shape index (κ2) is 8.33. The molecule has 22 heavy (non-hydrogen) atoms. The molecule has 1 aromatic rings. The minimum Gasteiger partial charge on any atom is -0.336 e. The smallest absolute Gasteiger partial charge is 0.226 e. The molecule has 0 spiro atoms. The highest BCUT2D eigenvalue weighted by atomic mass is 16.2. The summed E-state index contributed by atoms with van der Waals surface area (Å²) in [6, 6.07) is 11.0. The lowest BCUT2D eigenvalue weighted by molar-refractivity contribution is -0.139. The van der Waals surface area contributed by atoms with Crippen molar-refractivity contribution in [3.8, 4) is 0 Å². The first kappa shape index (κ1) is 17.0. The second-order valence-electron chi connectivity index (χ2n) is 6.55. The van der Waals surface area contributed by atoms with Gasteiger partial charge in [0.15, 0.2) is 0 Å². The fourth-order valence-electron chi connectivity index (χ4n) is 3.33. The Labute approximate surface area is 135 Å². The van der Waals surface area contributed by atoms with E-state index in [4.69, 9.17) is 0 Å². The van der Waals surface area contributed by atoms with E-state index in [-0.39, 0.29) is 12.0 Å². The van der Waals surface area contributed by atoms with Crippen LogP contribution in [0.1, 0.15) is 58.1 Å². The van der Waals surface area contributed by atoms with Gasteiger partial charge in [0.05, 0.1) is 6.04 Å². The molecule has 0 aromatic heterocycles. The van der Waals surface area contributed by atoms with Crippen molar-refractivity contribution < 1.29 is 4.79 Å². The molecule has 0 radical (unpaired) electrons. The minimum atomic E-state index is 0.158. The van der Waals surface area contributed by atoms with E-state index in [1.165, 1.54) is 5.56 Å². The number of amides is 1. The number of nitrogens with one attached hydrogen (secondary N) is 1. The van der Waals surface area contributed by atoms with Gasteiger partial charge in [0.25, 0.3) is 0 Å². The normalized spacial score (nSPS) is 23.0. The Kier molecular flexibility index (Phi) is 6.44. The van der Waals surface area contributed by atoms with Crippen LogP contribution in [0.2, 0.25) is 0 Å². The Morgan fingerprint density at radius 3 is 2.73 bits per heavy atom. The molecule has 122 valence electrons. The third-order valence-electron chi connectivity index (χ3n) is 4.76. The Hall–Kier alpha value is -1.35. The molecule has 1 unspecified atom stereocenters. The predicted octanol–water partition coefficient (Wildman–Crippen LogP) is 3.76. The highest BCUT2D eigenvalue weighted by molar-refractivity contribution is 5.79. The molecule has 1 aliphatic heterocycles. The van der Waals surface area contributed by atoms with Crippen LogP contribution in [-0.4, -0.2) is 29.9 Å². The summed E-state index contributed by atoms with van der Waals surface area (Å²) in [5.74, 6) is 0.525. The third-order valence-corrected chi connectivity index (χ3v) is 4.76. The van der Waals surface area contributed by atoms with Crippen molar-refractivity contribution >= 4 is 5.91 Å². The van der Waals surface area contributed by atoms with Gasteiger partial charge in [-0.25, -0.2) is 0 Å². The van der Waals surface area contributed by atoms with E-state index in [1.807, 2.05) is 6.07 Å². The summed E-state index contributed by atoms with van der Waals surface area (Å²) in [5, 5.41) is 3.44. The number of carbonyl (C=O) groups is 1. The predicted molar refractivity (Wildman–Crippen MR) is 91.7 cm³/mol. The van der Waals surface area contributed by atoms with Crippen LogP contribution in [0.5, 0.6) is 0 Å². The molecule has 0 aliphatic carbocycles. The van der Waals surface area contributed by atoms with Gasteiger partial charge in [-0.05, 0) is 45.2 Å². The third kappa shape index (κ3) is 4.33. The molecule has 1 aliphatic rings. The molecule has 3 atom stereocenters. The van der Waals surface area contributed by atoms with Crippen molar-refractivity contribution in [2.24, 2.45) is 5.92 Å². The highest BCUT2D eigenvalue weighted by Gasteiger charge is 2.30. The van der Waals surface area contributed by atoms with Crippen LogP contribution in [0.25, 0.3) is 0 Å². The number of hydrogen-bond donors (Lipinski definition) is 1. The average molecular weight is 302 g/mol. The van der Waals surface area contributed by atoms with Crippen molar-refractivity contribution in [1.82, 2.24) is 10.2 Å². The molecule has 0 bridgehead atoms. The molecule has 3 heteroatoms. The lowest BCUT2D eigenvalue weighted by atomic mass is 9.91. The summed E-state index contributed by atoms with van der Waals surface area (Å²) < 4.78 is 0. The fraction of sp³-hybridized carbons (Fsp3) is 0.632. The minimum absolute atomic E-state index is 0.158. The first-order valence-corrected chi connectivity index (χ1v) is 8.72. The summed E-state index contributed by atoms with van der Waals surface area (Å²) in [6.45, 7) is 8.34. The molecule has 1 fully saturated rings. The van der Waals surface area contributed by atoms with Crippen LogP contribution >= 0.6 is 0 Å². The van der Waals surface area contributed by atoms with Crippen LogP contribution in [-0.2, 0) is 4.79 Å². The van der Waals surface area contributed by atoms with Gasteiger partial charge in [-0.2, -0.15) is 0 Å². The maximum atomic E-state index is 13.1. The van der Waals surface area contributed by atoms with E-state index in [0.29, 0.717) is 11.9 Å². The van der Waals surface area contributed by atoms with Crippen LogP contribution < -0.4 is 5.32 Å². The van der Waals surface area contributed by atoms with E-state index in [2.05, 4.69) is 55.3 Å². The zero-order chi connectivity index (χ0) is 15.9. The SMILES string of the molecule is CCCCN(C(=O)[C@H]1CCN[C@@H](C)C1)C(C)c1ccccc1. The van der Waals surface area contributed by atoms with Crippen molar-refractivity contribution in [2.75, 3.05) is 13.1 Å². The van der Waals surface area contributed by atoms with Crippen LogP contribution in [0.4, 0.5) is 0 Å². The highest BCUT2D eigenvalue weighted by Crippen LogP contribution is 2.26. The molecule has 3 nitrogen and oxygen atoms in total. The van der Waals surface area contributed by atoms with Gasteiger partial charge in [0.2, 0.25) is 5.91 Å². The van der Waals surface area contributed by atoms with Gasteiger partial charge < -0.3 is 10.2 Å². The van der Waals surface area contributed by atoms with E-state index < -0.39 is 0 Å². The number of unbranched alkanes of at least 4 members (excludes halogenated alkanes) is 1. The molecule has 2 rings (SSSR count). The standard InChI is InChI=1S/C19H30N2O/c1-4-5-13-21(16(3)17-9-7-6-8-10-17)19(22)18-11-12-20-15(2)14-18/h6-10,15-16,18,20H,4-5,11-14H2,1-3H3/t15-,16?,18-/m0/s1. The van der Waals surface area contributed by atoms with Crippen molar-refractivity contribution in [2.45, 2.75) is 58.5 Å². The maximum Gasteiger partial charge on any atom is 0.226 e. The van der Waals surface area contributed by atoms with Crippen LogP contribution in [0, 0.1) is 5.92 Å². The topological polar surface area (TPSA) is 32.3 Å². The number of nitrogens with zero attached hydrogens (tertiary/aromatic N) is 1. The fourth-order valence-corrected chi connectivity index (χ4v) is 3.33. The molecule has 1 saturated heterocycles. The van der Waals surface area contributed by atoms with Gasteiger partial charge in [-0.3, -0.25) is 4.79 Å². The maximum absolute atomic E-state index is 13.1. The van der Waals surface area contributed by atoms with Crippen LogP contribution in [0.3, 0.4) is 0 Å². The van der Waals surface area contributed by atoms with Crippen molar-refractivity contribution in [3.05, 3.63) is 35.9 Å².